The minimum absolute atomic E-state index is 0.368. The Kier molecular flexibility index (Phi) is 3.39. The number of halogens is 5. The zero-order valence-electron chi connectivity index (χ0n) is 7.62. The van der Waals surface area contributed by atoms with Gasteiger partial charge in [-0.05, 0) is 0 Å². The van der Waals surface area contributed by atoms with E-state index in [4.69, 9.17) is 16.4 Å². The van der Waals surface area contributed by atoms with E-state index in [0.29, 0.717) is 6.07 Å². The highest BCUT2D eigenvalue weighted by atomic mass is 35.7. The zero-order valence-corrected chi connectivity index (χ0v) is 9.20. The predicted molar refractivity (Wildman–Crippen MR) is 48.3 cm³/mol. The molecule has 1 aromatic rings. The van der Waals surface area contributed by atoms with Crippen LogP contribution in [0.15, 0.2) is 11.1 Å². The third-order valence-electron chi connectivity index (χ3n) is 1.39. The van der Waals surface area contributed by atoms with Crippen LogP contribution in [0, 0.1) is 5.95 Å². The van der Waals surface area contributed by atoms with Crippen LogP contribution < -0.4 is 10.5 Å². The lowest BCUT2D eigenvalue weighted by molar-refractivity contribution is -0.275. The highest BCUT2D eigenvalue weighted by Gasteiger charge is 2.36. The monoisotopic (exact) mass is 294 g/mol. The summed E-state index contributed by atoms with van der Waals surface area (Å²) in [7, 11) is 0.0419. The van der Waals surface area contributed by atoms with Crippen molar-refractivity contribution >= 4 is 25.4 Å². The molecule has 0 aliphatic heterocycles. The maximum Gasteiger partial charge on any atom is 0.573 e. The van der Waals surface area contributed by atoms with E-state index in [-0.39, 0.29) is 0 Å². The summed E-state index contributed by atoms with van der Waals surface area (Å²) in [5.41, 5.74) is 4.10. The van der Waals surface area contributed by atoms with Crippen molar-refractivity contribution in [3.8, 4) is 5.75 Å². The third-order valence-corrected chi connectivity index (χ3v) is 2.57. The summed E-state index contributed by atoms with van der Waals surface area (Å²) in [4.78, 5) is 2.70. The van der Waals surface area contributed by atoms with Crippen LogP contribution in [0.25, 0.3) is 0 Å². The zero-order chi connectivity index (χ0) is 13.4. The number of ether oxygens (including phenoxy) is 1. The van der Waals surface area contributed by atoms with E-state index in [1.807, 2.05) is 0 Å². The normalized spacial score (nSPS) is 12.5. The molecule has 11 heteroatoms. The van der Waals surface area contributed by atoms with Crippen molar-refractivity contribution in [3.05, 3.63) is 12.0 Å². The molecule has 96 valence electrons. The number of pyridine rings is 1. The highest BCUT2D eigenvalue weighted by molar-refractivity contribution is 8.13. The maximum absolute atomic E-state index is 12.7. The second kappa shape index (κ2) is 4.18. The number of aromatic nitrogens is 1. The molecule has 2 N–H and O–H groups in total. The van der Waals surface area contributed by atoms with Gasteiger partial charge in [0.05, 0.1) is 5.69 Å². The lowest BCUT2D eigenvalue weighted by Gasteiger charge is -2.12. The summed E-state index contributed by atoms with van der Waals surface area (Å²) in [6.45, 7) is 0. The van der Waals surface area contributed by atoms with Crippen LogP contribution >= 0.6 is 10.7 Å². The molecule has 0 aliphatic rings. The van der Waals surface area contributed by atoms with E-state index < -0.39 is 37.8 Å². The number of hydrogen-bond donors (Lipinski definition) is 1. The van der Waals surface area contributed by atoms with E-state index in [0.717, 1.165) is 0 Å². The molecule has 1 heterocycles. The van der Waals surface area contributed by atoms with E-state index in [2.05, 4.69) is 9.72 Å². The fourth-order valence-electron chi connectivity index (χ4n) is 0.881. The fourth-order valence-corrected chi connectivity index (χ4v) is 1.77. The molecule has 0 atom stereocenters. The van der Waals surface area contributed by atoms with Gasteiger partial charge in [0.15, 0.2) is 5.75 Å². The molecule has 0 saturated heterocycles. The van der Waals surface area contributed by atoms with E-state index in [1.165, 1.54) is 0 Å². The van der Waals surface area contributed by atoms with Gasteiger partial charge in [-0.25, -0.2) is 13.4 Å². The van der Waals surface area contributed by atoms with Crippen LogP contribution in [0.2, 0.25) is 0 Å². The summed E-state index contributed by atoms with van der Waals surface area (Å²) >= 11 is 0. The van der Waals surface area contributed by atoms with Gasteiger partial charge in [-0.15, -0.1) is 13.2 Å². The Morgan fingerprint density at radius 3 is 2.35 bits per heavy atom. The van der Waals surface area contributed by atoms with E-state index >= 15 is 0 Å². The number of rotatable bonds is 2. The van der Waals surface area contributed by atoms with Crippen molar-refractivity contribution in [2.24, 2.45) is 0 Å². The van der Waals surface area contributed by atoms with Crippen molar-refractivity contribution in [1.29, 1.82) is 0 Å². The molecule has 0 aliphatic carbocycles. The first-order valence-corrected chi connectivity index (χ1v) is 5.98. The Morgan fingerprint density at radius 1 is 1.41 bits per heavy atom. The van der Waals surface area contributed by atoms with Crippen LogP contribution in [-0.2, 0) is 9.05 Å². The first kappa shape index (κ1) is 13.8. The highest BCUT2D eigenvalue weighted by Crippen LogP contribution is 2.35. The molecule has 0 radical (unpaired) electrons. The third kappa shape index (κ3) is 3.60. The van der Waals surface area contributed by atoms with Gasteiger partial charge in [-0.3, -0.25) is 0 Å². The first-order valence-electron chi connectivity index (χ1n) is 3.67. The van der Waals surface area contributed by atoms with Crippen molar-refractivity contribution < 1.29 is 30.7 Å². The summed E-state index contributed by atoms with van der Waals surface area (Å²) in [6, 6.07) is 0.368. The van der Waals surface area contributed by atoms with Crippen LogP contribution in [0.4, 0.5) is 23.2 Å². The number of nitrogen functional groups attached to an aromatic ring is 1. The topological polar surface area (TPSA) is 82.3 Å². The second-order valence-corrected chi connectivity index (χ2v) is 5.14. The van der Waals surface area contributed by atoms with Crippen molar-refractivity contribution in [2.75, 3.05) is 5.73 Å². The first-order chi connectivity index (χ1) is 7.50. The minimum Gasteiger partial charge on any atom is -0.400 e. The number of hydrogen-bond acceptors (Lipinski definition) is 5. The molecule has 0 amide bonds. The Balaban J connectivity index is 3.47. The molecule has 1 rings (SSSR count). The van der Waals surface area contributed by atoms with Gasteiger partial charge in [-0.1, -0.05) is 0 Å². The summed E-state index contributed by atoms with van der Waals surface area (Å²) in [5.74, 6) is -2.77. The van der Waals surface area contributed by atoms with Gasteiger partial charge in [-0.2, -0.15) is 4.39 Å². The molecular weight excluding hydrogens is 292 g/mol. The molecule has 0 bridgehead atoms. The largest absolute Gasteiger partial charge is 0.573 e. The molecule has 0 fully saturated rings. The average molecular weight is 295 g/mol. The van der Waals surface area contributed by atoms with Gasteiger partial charge in [0.1, 0.15) is 0 Å². The van der Waals surface area contributed by atoms with Crippen LogP contribution in [0.3, 0.4) is 0 Å². The average Bonchev–Trinajstić information content (AvgIpc) is 2.05. The Bertz CT molecular complexity index is 545. The van der Waals surface area contributed by atoms with Crippen molar-refractivity contribution in [1.82, 2.24) is 4.98 Å². The van der Waals surface area contributed by atoms with E-state index in [9.17, 15) is 26.0 Å². The van der Waals surface area contributed by atoms with Crippen molar-refractivity contribution in [3.63, 3.8) is 0 Å². The summed E-state index contributed by atoms with van der Waals surface area (Å²) in [6.07, 6.45) is -5.22. The molecule has 0 saturated carbocycles. The van der Waals surface area contributed by atoms with Crippen LogP contribution in [0.5, 0.6) is 5.75 Å². The second-order valence-electron chi connectivity index (χ2n) is 2.65. The standard InChI is InChI=1S/C6H3ClF4N2O3S/c7-17(14,15)5-4(16-6(9,10)11)2(12)1-3(8)13-5/h1H,(H2,12,13). The van der Waals surface area contributed by atoms with Gasteiger partial charge in [0.25, 0.3) is 9.05 Å². The smallest absolute Gasteiger partial charge is 0.400 e. The number of alkyl halides is 3. The summed E-state index contributed by atoms with van der Waals surface area (Å²) in [5, 5.41) is -1.44. The minimum atomic E-state index is -5.22. The van der Waals surface area contributed by atoms with Crippen molar-refractivity contribution in [2.45, 2.75) is 11.4 Å². The van der Waals surface area contributed by atoms with Gasteiger partial charge in [0.2, 0.25) is 11.0 Å². The Labute approximate surface area is 96.6 Å². The molecule has 1 aromatic heterocycles. The van der Waals surface area contributed by atoms with Gasteiger partial charge in [0, 0.05) is 16.7 Å². The van der Waals surface area contributed by atoms with Crippen LogP contribution in [-0.4, -0.2) is 19.8 Å². The van der Waals surface area contributed by atoms with Gasteiger partial charge >= 0.3 is 6.36 Å². The Hall–Kier alpha value is -1.29. The molecule has 5 nitrogen and oxygen atoms in total. The SMILES string of the molecule is Nc1cc(F)nc(S(=O)(=O)Cl)c1OC(F)(F)F. The quantitative estimate of drug-likeness (QED) is 0.509. The fraction of sp³-hybridized carbons (Fsp3) is 0.167. The Morgan fingerprint density at radius 2 is 1.94 bits per heavy atom. The number of nitrogens with two attached hydrogens (primary N) is 1. The molecule has 0 aromatic carbocycles. The van der Waals surface area contributed by atoms with E-state index in [1.54, 1.807) is 0 Å². The summed E-state index contributed by atoms with van der Waals surface area (Å²) < 4.78 is 73.7. The lowest BCUT2D eigenvalue weighted by Crippen LogP contribution is -2.20. The molecular formula is C6H3ClF4N2O3S. The van der Waals surface area contributed by atoms with Crippen LogP contribution in [0.1, 0.15) is 0 Å². The lowest BCUT2D eigenvalue weighted by atomic mass is 10.4. The number of anilines is 1. The van der Waals surface area contributed by atoms with Gasteiger partial charge < -0.3 is 10.5 Å². The molecule has 0 spiro atoms. The number of nitrogens with zero attached hydrogens (tertiary/aromatic N) is 1. The predicted octanol–water partition coefficient (Wildman–Crippen LogP) is 1.63. The molecule has 17 heavy (non-hydrogen) atoms. The molecule has 0 unspecified atom stereocenters. The maximum atomic E-state index is 12.7.